The fourth-order valence-electron chi connectivity index (χ4n) is 2.27. The summed E-state index contributed by atoms with van der Waals surface area (Å²) < 4.78 is 5.17. The fourth-order valence-corrected chi connectivity index (χ4v) is 2.40. The number of halogens is 1. The van der Waals surface area contributed by atoms with E-state index < -0.39 is 0 Å². The van der Waals surface area contributed by atoms with Gasteiger partial charge in [-0.3, -0.25) is 4.79 Å². The predicted octanol–water partition coefficient (Wildman–Crippen LogP) is 4.48. The number of benzene rings is 2. The summed E-state index contributed by atoms with van der Waals surface area (Å²) in [5.41, 5.74) is 1.65. The average molecular weight is 318 g/mol. The van der Waals surface area contributed by atoms with Gasteiger partial charge >= 0.3 is 0 Å². The fraction of sp³-hybridized carbons (Fsp3) is 0.278. The number of nitrogens with one attached hydrogen (secondary N) is 1. The zero-order valence-corrected chi connectivity index (χ0v) is 13.7. The molecule has 0 aliphatic heterocycles. The molecule has 116 valence electrons. The first-order valence-electron chi connectivity index (χ1n) is 7.21. The first kappa shape index (κ1) is 16.4. The second kappa shape index (κ2) is 7.32. The van der Waals surface area contributed by atoms with Crippen molar-refractivity contribution in [1.82, 2.24) is 5.32 Å². The maximum Gasteiger partial charge on any atom is 0.251 e. The van der Waals surface area contributed by atoms with E-state index in [4.69, 9.17) is 16.3 Å². The Bertz CT molecular complexity index is 621. The van der Waals surface area contributed by atoms with Crippen LogP contribution >= 0.6 is 11.6 Å². The number of amides is 1. The number of carbonyl (C=O) groups excluding carboxylic acids is 1. The molecule has 2 aromatic carbocycles. The zero-order valence-electron chi connectivity index (χ0n) is 13.0. The Morgan fingerprint density at radius 1 is 1.05 bits per heavy atom. The molecule has 0 aliphatic rings. The average Bonchev–Trinajstić information content (AvgIpc) is 2.53. The molecule has 4 heteroatoms. The molecule has 0 aliphatic carbocycles. The maximum atomic E-state index is 12.4. The van der Waals surface area contributed by atoms with Crippen LogP contribution in [0.4, 0.5) is 0 Å². The molecule has 1 amide bonds. The topological polar surface area (TPSA) is 38.3 Å². The minimum absolute atomic E-state index is 0.0610. The monoisotopic (exact) mass is 317 g/mol. The normalized spacial score (nSPS) is 12.0. The van der Waals surface area contributed by atoms with Gasteiger partial charge in [0, 0.05) is 10.6 Å². The van der Waals surface area contributed by atoms with Crippen LogP contribution < -0.4 is 10.1 Å². The second-order valence-corrected chi connectivity index (χ2v) is 5.91. The third-order valence-corrected chi connectivity index (χ3v) is 3.79. The van der Waals surface area contributed by atoms with E-state index in [0.717, 1.165) is 11.3 Å². The van der Waals surface area contributed by atoms with Crippen molar-refractivity contribution in [3.63, 3.8) is 0 Å². The van der Waals surface area contributed by atoms with Crippen LogP contribution in [0.1, 0.15) is 35.8 Å². The highest BCUT2D eigenvalue weighted by Gasteiger charge is 2.19. The van der Waals surface area contributed by atoms with Gasteiger partial charge in [0.25, 0.3) is 5.91 Å². The SMILES string of the molecule is COc1ccc([C@@H](NC(=O)c2ccc(Cl)cc2)C(C)C)cc1. The molecule has 0 unspecified atom stereocenters. The number of rotatable bonds is 5. The molecule has 0 radical (unpaired) electrons. The summed E-state index contributed by atoms with van der Waals surface area (Å²) in [5, 5.41) is 3.70. The van der Waals surface area contributed by atoms with Crippen molar-refractivity contribution in [2.75, 3.05) is 7.11 Å². The Balaban J connectivity index is 2.17. The van der Waals surface area contributed by atoms with Gasteiger partial charge < -0.3 is 10.1 Å². The highest BCUT2D eigenvalue weighted by molar-refractivity contribution is 6.30. The van der Waals surface area contributed by atoms with Crippen LogP contribution in [0.25, 0.3) is 0 Å². The lowest BCUT2D eigenvalue weighted by molar-refractivity contribution is 0.0925. The van der Waals surface area contributed by atoms with Crippen molar-refractivity contribution >= 4 is 17.5 Å². The van der Waals surface area contributed by atoms with E-state index in [9.17, 15) is 4.79 Å². The molecule has 1 N–H and O–H groups in total. The minimum atomic E-state index is -0.105. The lowest BCUT2D eigenvalue weighted by atomic mass is 9.95. The van der Waals surface area contributed by atoms with Gasteiger partial charge in [0.05, 0.1) is 13.2 Å². The predicted molar refractivity (Wildman–Crippen MR) is 89.5 cm³/mol. The van der Waals surface area contributed by atoms with Crippen molar-refractivity contribution in [1.29, 1.82) is 0 Å². The Morgan fingerprint density at radius 2 is 1.64 bits per heavy atom. The van der Waals surface area contributed by atoms with E-state index in [2.05, 4.69) is 19.2 Å². The van der Waals surface area contributed by atoms with E-state index >= 15 is 0 Å². The summed E-state index contributed by atoms with van der Waals surface area (Å²) in [5.74, 6) is 0.964. The van der Waals surface area contributed by atoms with E-state index in [0.29, 0.717) is 10.6 Å². The number of hydrogen-bond acceptors (Lipinski definition) is 2. The van der Waals surface area contributed by atoms with Crippen LogP contribution in [0.3, 0.4) is 0 Å². The summed E-state index contributed by atoms with van der Waals surface area (Å²) >= 11 is 5.85. The smallest absolute Gasteiger partial charge is 0.251 e. The Hall–Kier alpha value is -2.00. The van der Waals surface area contributed by atoms with Crippen LogP contribution in [0.15, 0.2) is 48.5 Å². The molecule has 2 rings (SSSR count). The van der Waals surface area contributed by atoms with Crippen molar-refractivity contribution in [2.24, 2.45) is 5.92 Å². The molecule has 0 heterocycles. The number of carbonyl (C=O) groups is 1. The largest absolute Gasteiger partial charge is 0.497 e. The lowest BCUT2D eigenvalue weighted by Crippen LogP contribution is -2.31. The van der Waals surface area contributed by atoms with Gasteiger partial charge in [0.2, 0.25) is 0 Å². The van der Waals surface area contributed by atoms with Crippen LogP contribution in [0.2, 0.25) is 5.02 Å². The third kappa shape index (κ3) is 4.01. The van der Waals surface area contributed by atoms with E-state index in [1.54, 1.807) is 31.4 Å². The van der Waals surface area contributed by atoms with Crippen LogP contribution in [-0.4, -0.2) is 13.0 Å². The van der Waals surface area contributed by atoms with Crippen molar-refractivity contribution in [3.05, 3.63) is 64.7 Å². The summed E-state index contributed by atoms with van der Waals surface area (Å²) in [4.78, 5) is 12.4. The standard InChI is InChI=1S/C18H20ClNO2/c1-12(2)17(13-6-10-16(22-3)11-7-13)20-18(21)14-4-8-15(19)9-5-14/h4-12,17H,1-3H3,(H,20,21)/t17-/m0/s1. The van der Waals surface area contributed by atoms with Gasteiger partial charge in [-0.1, -0.05) is 37.6 Å². The van der Waals surface area contributed by atoms with E-state index in [1.165, 1.54) is 0 Å². The summed E-state index contributed by atoms with van der Waals surface area (Å²) in [6.45, 7) is 4.16. The van der Waals surface area contributed by atoms with Crippen molar-refractivity contribution in [3.8, 4) is 5.75 Å². The summed E-state index contributed by atoms with van der Waals surface area (Å²) in [7, 11) is 1.64. The van der Waals surface area contributed by atoms with Gasteiger partial charge in [-0.25, -0.2) is 0 Å². The molecule has 0 fully saturated rings. The van der Waals surface area contributed by atoms with Gasteiger partial charge in [-0.15, -0.1) is 0 Å². The molecule has 0 bridgehead atoms. The minimum Gasteiger partial charge on any atom is -0.497 e. The molecule has 0 saturated carbocycles. The molecule has 0 spiro atoms. The zero-order chi connectivity index (χ0) is 16.1. The highest BCUT2D eigenvalue weighted by Crippen LogP contribution is 2.24. The number of hydrogen-bond donors (Lipinski definition) is 1. The lowest BCUT2D eigenvalue weighted by Gasteiger charge is -2.23. The van der Waals surface area contributed by atoms with Gasteiger partial charge in [-0.2, -0.15) is 0 Å². The molecule has 22 heavy (non-hydrogen) atoms. The quantitative estimate of drug-likeness (QED) is 0.883. The van der Waals surface area contributed by atoms with Crippen LogP contribution in [0.5, 0.6) is 5.75 Å². The van der Waals surface area contributed by atoms with E-state index in [1.807, 2.05) is 24.3 Å². The third-order valence-electron chi connectivity index (χ3n) is 3.53. The molecular weight excluding hydrogens is 298 g/mol. The van der Waals surface area contributed by atoms with Gasteiger partial charge in [-0.05, 0) is 47.9 Å². The molecule has 0 aromatic heterocycles. The van der Waals surface area contributed by atoms with Gasteiger partial charge in [0.15, 0.2) is 0 Å². The number of methoxy groups -OCH3 is 1. The molecule has 0 saturated heterocycles. The molecule has 1 atom stereocenters. The Labute approximate surface area is 136 Å². The number of ether oxygens (including phenoxy) is 1. The van der Waals surface area contributed by atoms with Crippen molar-refractivity contribution < 1.29 is 9.53 Å². The van der Waals surface area contributed by atoms with Crippen molar-refractivity contribution in [2.45, 2.75) is 19.9 Å². The maximum absolute atomic E-state index is 12.4. The first-order chi connectivity index (χ1) is 10.5. The van der Waals surface area contributed by atoms with E-state index in [-0.39, 0.29) is 17.9 Å². The molecule has 3 nitrogen and oxygen atoms in total. The Kier molecular flexibility index (Phi) is 5.45. The van der Waals surface area contributed by atoms with Crippen LogP contribution in [-0.2, 0) is 0 Å². The van der Waals surface area contributed by atoms with Gasteiger partial charge in [0.1, 0.15) is 5.75 Å². The highest BCUT2D eigenvalue weighted by atomic mass is 35.5. The molecular formula is C18H20ClNO2. The summed E-state index contributed by atoms with van der Waals surface area (Å²) in [6, 6.07) is 14.6. The molecule has 2 aromatic rings. The second-order valence-electron chi connectivity index (χ2n) is 5.48. The summed E-state index contributed by atoms with van der Waals surface area (Å²) in [6.07, 6.45) is 0. The van der Waals surface area contributed by atoms with Crippen LogP contribution in [0, 0.1) is 5.92 Å². The Morgan fingerprint density at radius 3 is 2.14 bits per heavy atom. The first-order valence-corrected chi connectivity index (χ1v) is 7.59.